The monoisotopic (exact) mass is 373 g/mol. The van der Waals surface area contributed by atoms with Crippen LogP contribution >= 0.6 is 23.2 Å². The van der Waals surface area contributed by atoms with Gasteiger partial charge in [-0.3, -0.25) is 4.79 Å². The molecule has 0 saturated carbocycles. The Labute approximate surface area is 144 Å². The normalized spacial score (nSPS) is 11.5. The van der Waals surface area contributed by atoms with Gasteiger partial charge in [-0.25, -0.2) is 17.7 Å². The van der Waals surface area contributed by atoms with E-state index in [1.807, 2.05) is 0 Å². The molecule has 0 aliphatic rings. The summed E-state index contributed by atoms with van der Waals surface area (Å²) in [5, 5.41) is 2.72. The summed E-state index contributed by atoms with van der Waals surface area (Å²) in [4.78, 5) is 16.1. The number of nitrogens with zero attached hydrogens (tertiary/aromatic N) is 2. The fourth-order valence-corrected chi connectivity index (χ4v) is 3.13. The molecule has 0 bridgehead atoms. The second kappa shape index (κ2) is 6.84. The van der Waals surface area contributed by atoms with Crippen molar-refractivity contribution in [1.82, 2.24) is 9.29 Å². The van der Waals surface area contributed by atoms with Crippen molar-refractivity contribution in [3.05, 3.63) is 52.3 Å². The highest BCUT2D eigenvalue weighted by Crippen LogP contribution is 2.25. The lowest BCUT2D eigenvalue weighted by Gasteiger charge is -2.15. The Balaban J connectivity index is 2.42. The van der Waals surface area contributed by atoms with Crippen LogP contribution < -0.4 is 5.32 Å². The van der Waals surface area contributed by atoms with Gasteiger partial charge in [-0.1, -0.05) is 35.3 Å². The van der Waals surface area contributed by atoms with Gasteiger partial charge in [0, 0.05) is 14.1 Å². The molecule has 0 spiro atoms. The molecule has 0 saturated heterocycles. The minimum absolute atomic E-state index is 0.0310. The first kappa shape index (κ1) is 17.7. The SMILES string of the molecule is CN(C)S(=O)(=O)c1ccccc1NC(=O)c1nc(Cl)ccc1Cl. The van der Waals surface area contributed by atoms with Crippen molar-refractivity contribution in [2.75, 3.05) is 19.4 Å². The lowest BCUT2D eigenvalue weighted by atomic mass is 10.3. The number of rotatable bonds is 4. The molecular weight excluding hydrogens is 361 g/mol. The van der Waals surface area contributed by atoms with Crippen molar-refractivity contribution in [2.24, 2.45) is 0 Å². The fraction of sp³-hybridized carbons (Fsp3) is 0.143. The molecule has 0 aliphatic carbocycles. The molecule has 6 nitrogen and oxygen atoms in total. The Morgan fingerprint density at radius 1 is 1.13 bits per heavy atom. The zero-order valence-electron chi connectivity index (χ0n) is 12.2. The largest absolute Gasteiger partial charge is 0.319 e. The van der Waals surface area contributed by atoms with Crippen LogP contribution in [0.4, 0.5) is 5.69 Å². The highest BCUT2D eigenvalue weighted by Gasteiger charge is 2.23. The summed E-state index contributed by atoms with van der Waals surface area (Å²) >= 11 is 11.7. The van der Waals surface area contributed by atoms with E-state index in [9.17, 15) is 13.2 Å². The van der Waals surface area contributed by atoms with Crippen LogP contribution in [0.3, 0.4) is 0 Å². The maximum atomic E-state index is 12.3. The van der Waals surface area contributed by atoms with E-state index in [-0.39, 0.29) is 26.5 Å². The van der Waals surface area contributed by atoms with Crippen molar-refractivity contribution in [2.45, 2.75) is 4.90 Å². The first-order chi connectivity index (χ1) is 10.7. The molecule has 9 heteroatoms. The van der Waals surface area contributed by atoms with Crippen LogP contribution in [0.5, 0.6) is 0 Å². The van der Waals surface area contributed by atoms with Gasteiger partial charge >= 0.3 is 0 Å². The lowest BCUT2D eigenvalue weighted by Crippen LogP contribution is -2.24. The first-order valence-electron chi connectivity index (χ1n) is 6.38. The average Bonchev–Trinajstić information content (AvgIpc) is 2.49. The number of aromatic nitrogens is 1. The zero-order chi connectivity index (χ0) is 17.2. The summed E-state index contributed by atoms with van der Waals surface area (Å²) in [5.74, 6) is -0.654. The number of para-hydroxylation sites is 1. The summed E-state index contributed by atoms with van der Waals surface area (Å²) in [6.07, 6.45) is 0. The molecule has 0 radical (unpaired) electrons. The number of benzene rings is 1. The number of hydrogen-bond donors (Lipinski definition) is 1. The van der Waals surface area contributed by atoms with Crippen LogP contribution in [0, 0.1) is 0 Å². The lowest BCUT2D eigenvalue weighted by molar-refractivity contribution is 0.102. The molecule has 1 aromatic heterocycles. The van der Waals surface area contributed by atoms with Gasteiger partial charge in [0.25, 0.3) is 5.91 Å². The van der Waals surface area contributed by atoms with Gasteiger partial charge in [0.05, 0.1) is 10.7 Å². The van der Waals surface area contributed by atoms with Gasteiger partial charge in [-0.2, -0.15) is 0 Å². The standard InChI is InChI=1S/C14H13Cl2N3O3S/c1-19(2)23(21,22)11-6-4-3-5-10(11)17-14(20)13-9(15)7-8-12(16)18-13/h3-8H,1-2H3,(H,17,20). The number of carbonyl (C=O) groups excluding carboxylic acids is 1. The third-order valence-electron chi connectivity index (χ3n) is 2.92. The number of hydrogen-bond acceptors (Lipinski definition) is 4. The fourth-order valence-electron chi connectivity index (χ4n) is 1.75. The first-order valence-corrected chi connectivity index (χ1v) is 8.58. The van der Waals surface area contributed by atoms with Crippen molar-refractivity contribution in [3.8, 4) is 0 Å². The van der Waals surface area contributed by atoms with Crippen LogP contribution in [-0.4, -0.2) is 37.7 Å². The molecule has 0 aliphatic heterocycles. The van der Waals surface area contributed by atoms with Crippen molar-refractivity contribution >= 4 is 44.8 Å². The van der Waals surface area contributed by atoms with Crippen molar-refractivity contribution < 1.29 is 13.2 Å². The van der Waals surface area contributed by atoms with Crippen LogP contribution in [0.25, 0.3) is 0 Å². The van der Waals surface area contributed by atoms with Crippen LogP contribution in [-0.2, 0) is 10.0 Å². The van der Waals surface area contributed by atoms with Crippen molar-refractivity contribution in [1.29, 1.82) is 0 Å². The summed E-state index contributed by atoms with van der Waals surface area (Å²) in [7, 11) is -0.902. The van der Waals surface area contributed by atoms with Crippen molar-refractivity contribution in [3.63, 3.8) is 0 Å². The molecule has 1 amide bonds. The zero-order valence-corrected chi connectivity index (χ0v) is 14.6. The van der Waals surface area contributed by atoms with Gasteiger partial charge in [-0.05, 0) is 24.3 Å². The van der Waals surface area contributed by atoms with Crippen LogP contribution in [0.15, 0.2) is 41.3 Å². The second-order valence-electron chi connectivity index (χ2n) is 4.70. The predicted octanol–water partition coefficient (Wildman–Crippen LogP) is 2.89. The van der Waals surface area contributed by atoms with E-state index >= 15 is 0 Å². The number of carbonyl (C=O) groups is 1. The van der Waals surface area contributed by atoms with E-state index in [1.165, 1.54) is 38.4 Å². The predicted molar refractivity (Wildman–Crippen MR) is 89.5 cm³/mol. The highest BCUT2D eigenvalue weighted by molar-refractivity contribution is 7.89. The van der Waals surface area contributed by atoms with Gasteiger partial charge in [-0.15, -0.1) is 0 Å². The molecular formula is C14H13Cl2N3O3S. The Morgan fingerprint density at radius 3 is 2.43 bits per heavy atom. The van der Waals surface area contributed by atoms with Crippen LogP contribution in [0.2, 0.25) is 10.2 Å². The third kappa shape index (κ3) is 3.81. The molecule has 2 aromatic rings. The van der Waals surface area contributed by atoms with E-state index < -0.39 is 15.9 Å². The Morgan fingerprint density at radius 2 is 1.78 bits per heavy atom. The number of halogens is 2. The van der Waals surface area contributed by atoms with Gasteiger partial charge in [0.1, 0.15) is 15.7 Å². The maximum absolute atomic E-state index is 12.3. The number of amides is 1. The highest BCUT2D eigenvalue weighted by atomic mass is 35.5. The van der Waals surface area contributed by atoms with E-state index in [2.05, 4.69) is 10.3 Å². The van der Waals surface area contributed by atoms with E-state index in [0.717, 1.165) is 4.31 Å². The summed E-state index contributed by atoms with van der Waals surface area (Å²) in [5.41, 5.74) is 0.0419. The second-order valence-corrected chi connectivity index (χ2v) is 7.62. The van der Waals surface area contributed by atoms with Crippen LogP contribution in [0.1, 0.15) is 10.5 Å². The molecule has 1 aromatic carbocycles. The quantitative estimate of drug-likeness (QED) is 0.835. The van der Waals surface area contributed by atoms with E-state index in [1.54, 1.807) is 12.1 Å². The summed E-state index contributed by atoms with van der Waals surface area (Å²) < 4.78 is 25.7. The number of sulfonamides is 1. The Bertz CT molecular complexity index is 854. The molecule has 23 heavy (non-hydrogen) atoms. The molecule has 0 unspecified atom stereocenters. The van der Waals surface area contributed by atoms with Gasteiger partial charge < -0.3 is 5.32 Å². The molecule has 0 atom stereocenters. The van der Waals surface area contributed by atoms with Gasteiger partial charge in [0.15, 0.2) is 0 Å². The minimum atomic E-state index is -3.71. The maximum Gasteiger partial charge on any atom is 0.275 e. The minimum Gasteiger partial charge on any atom is -0.319 e. The molecule has 122 valence electrons. The van der Waals surface area contributed by atoms with E-state index in [0.29, 0.717) is 0 Å². The molecule has 0 fully saturated rings. The smallest absolute Gasteiger partial charge is 0.275 e. The third-order valence-corrected chi connectivity index (χ3v) is 5.31. The average molecular weight is 374 g/mol. The topological polar surface area (TPSA) is 79.4 Å². The number of anilines is 1. The molecule has 1 N–H and O–H groups in total. The molecule has 2 rings (SSSR count). The van der Waals surface area contributed by atoms with Gasteiger partial charge in [0.2, 0.25) is 10.0 Å². The Hall–Kier alpha value is -1.67. The Kier molecular flexibility index (Phi) is 5.26. The number of pyridine rings is 1. The molecule has 1 heterocycles. The summed E-state index contributed by atoms with van der Waals surface area (Å²) in [6, 6.07) is 8.94. The van der Waals surface area contributed by atoms with E-state index in [4.69, 9.17) is 23.2 Å². The summed E-state index contributed by atoms with van der Waals surface area (Å²) in [6.45, 7) is 0. The number of nitrogens with one attached hydrogen (secondary N) is 1.